The zero-order chi connectivity index (χ0) is 21.0. The monoisotopic (exact) mass is 526 g/mol. The Morgan fingerprint density at radius 3 is 1.57 bits per heavy atom. The molecule has 0 radical (unpaired) electrons. The Balaban J connectivity index is 1.85. The fourth-order valence-electron chi connectivity index (χ4n) is 5.37. The van der Waals surface area contributed by atoms with E-state index in [-0.39, 0.29) is 7.25 Å². The Morgan fingerprint density at radius 1 is 0.633 bits per heavy atom. The second kappa shape index (κ2) is 7.50. The number of rotatable bonds is 3. The first-order valence-electron chi connectivity index (χ1n) is 10.3. The zero-order valence-electron chi connectivity index (χ0n) is 17.0. The second-order valence-corrected chi connectivity index (χ2v) is 38.7. The summed E-state index contributed by atoms with van der Waals surface area (Å²) in [4.78, 5) is 0. The van der Waals surface area contributed by atoms with Crippen LogP contribution < -0.4 is 5.30 Å². The van der Waals surface area contributed by atoms with Crippen LogP contribution in [0.25, 0.3) is 12.2 Å². The molecule has 2 unspecified atom stereocenters. The summed E-state index contributed by atoms with van der Waals surface area (Å²) in [6.07, 6.45) is 4.58. The van der Waals surface area contributed by atoms with Crippen LogP contribution in [0.5, 0.6) is 0 Å². The Morgan fingerprint density at radius 2 is 1.07 bits per heavy atom. The molecule has 2 atom stereocenters. The van der Waals surface area contributed by atoms with Crippen LogP contribution >= 0.6 is 22.4 Å². The van der Waals surface area contributed by atoms with E-state index in [9.17, 15) is 0 Å². The van der Waals surface area contributed by atoms with Gasteiger partial charge in [0.15, 0.2) is 0 Å². The number of allylic oxidation sites excluding steroid dienone is 2. The minimum atomic E-state index is -4.67. The van der Waals surface area contributed by atoms with Gasteiger partial charge in [-0.2, -0.15) is 0 Å². The minimum absolute atomic E-state index is 0.0901. The summed E-state index contributed by atoms with van der Waals surface area (Å²) in [5, 5.41) is 2.31. The zero-order valence-corrected chi connectivity index (χ0v) is 21.9. The van der Waals surface area contributed by atoms with Crippen molar-refractivity contribution >= 4 is 39.9 Å². The summed E-state index contributed by atoms with van der Waals surface area (Å²) in [5.41, 5.74) is 7.72. The van der Waals surface area contributed by atoms with Gasteiger partial charge in [0.1, 0.15) is 0 Å². The molecule has 0 saturated carbocycles. The third-order valence-corrected chi connectivity index (χ3v) is 32.5. The van der Waals surface area contributed by atoms with Crippen molar-refractivity contribution in [1.82, 2.24) is 0 Å². The summed E-state index contributed by atoms with van der Waals surface area (Å²) in [6.45, 7) is 4.42. The quantitative estimate of drug-likeness (QED) is 0.299. The Kier molecular flexibility index (Phi) is 5.19. The van der Waals surface area contributed by atoms with Crippen molar-refractivity contribution in [2.24, 2.45) is 0 Å². The summed E-state index contributed by atoms with van der Waals surface area (Å²) in [7, 11) is 16.1. The van der Waals surface area contributed by atoms with Gasteiger partial charge in [-0.05, 0) is 0 Å². The van der Waals surface area contributed by atoms with E-state index in [2.05, 4.69) is 105 Å². The SMILES string of the molecule is CC1=Cc2ccccc2[CH]1[Zr]([Cl])([Cl])(=[P]c1ccccc1)[CH]1C(C)=Cc2ccccc21. The van der Waals surface area contributed by atoms with Gasteiger partial charge < -0.3 is 0 Å². The van der Waals surface area contributed by atoms with Crippen LogP contribution in [0.1, 0.15) is 43.4 Å². The number of hydrogen-bond acceptors (Lipinski definition) is 0. The van der Waals surface area contributed by atoms with Crippen molar-refractivity contribution in [3.63, 3.8) is 0 Å². The van der Waals surface area contributed by atoms with Gasteiger partial charge >= 0.3 is 189 Å². The average molecular weight is 529 g/mol. The van der Waals surface area contributed by atoms with Crippen LogP contribution in [0.3, 0.4) is 0 Å². The summed E-state index contributed by atoms with van der Waals surface area (Å²) < 4.78 is 0.180. The summed E-state index contributed by atoms with van der Waals surface area (Å²) in [6, 6.07) is 27.8. The molecule has 0 fully saturated rings. The van der Waals surface area contributed by atoms with Gasteiger partial charge in [0.25, 0.3) is 0 Å². The van der Waals surface area contributed by atoms with Gasteiger partial charge in [-0.1, -0.05) is 0 Å². The number of hydrogen-bond donors (Lipinski definition) is 0. The van der Waals surface area contributed by atoms with Gasteiger partial charge in [0, 0.05) is 0 Å². The molecule has 3 aromatic rings. The van der Waals surface area contributed by atoms with Crippen molar-refractivity contribution in [2.75, 3.05) is 0 Å². The molecule has 2 aliphatic rings. The number of fused-ring (bicyclic) bond motifs is 2. The van der Waals surface area contributed by atoms with E-state index in [1.165, 1.54) is 38.7 Å². The van der Waals surface area contributed by atoms with E-state index in [0.29, 0.717) is 0 Å². The van der Waals surface area contributed by atoms with E-state index in [1.54, 1.807) is 0 Å². The van der Waals surface area contributed by atoms with Crippen molar-refractivity contribution in [2.45, 2.75) is 21.1 Å². The van der Waals surface area contributed by atoms with Crippen LogP contribution in [-0.4, -0.2) is 0 Å². The average Bonchev–Trinajstić information content (AvgIpc) is 3.25. The molecule has 4 heteroatoms. The standard InChI is InChI=1S/2C10H9.C6H5P.2ClH.Zr/c2*1-8-6-9-4-2-3-5-10(9)7-8;7-6-4-2-1-3-5-6;;;/h2*2-7H,1H3;1-5H;2*1H;/q;;;;;+2/p-2. The maximum atomic E-state index is 8.07. The Hall–Kier alpha value is -1.10. The molecule has 0 aliphatic heterocycles. The van der Waals surface area contributed by atoms with Crippen LogP contribution in [0, 0.1) is 0 Å². The van der Waals surface area contributed by atoms with Gasteiger partial charge in [-0.15, -0.1) is 0 Å². The van der Waals surface area contributed by atoms with Crippen molar-refractivity contribution in [1.29, 1.82) is 0 Å². The molecule has 0 bridgehead atoms. The van der Waals surface area contributed by atoms with E-state index in [1.807, 2.05) is 0 Å². The Labute approximate surface area is 187 Å². The molecule has 0 spiro atoms. The normalized spacial score (nSPS) is 20.6. The van der Waals surface area contributed by atoms with Crippen molar-refractivity contribution in [3.05, 3.63) is 112 Å². The van der Waals surface area contributed by atoms with Crippen molar-refractivity contribution < 1.29 is 15.3 Å². The third-order valence-electron chi connectivity index (χ3n) is 6.42. The Bertz CT molecular complexity index is 1210. The number of benzene rings is 3. The van der Waals surface area contributed by atoms with Gasteiger partial charge in [-0.25, -0.2) is 0 Å². The van der Waals surface area contributed by atoms with Gasteiger partial charge in [-0.3, -0.25) is 0 Å². The molecular formula is C26H23Cl2PZr. The maximum absolute atomic E-state index is 8.07. The molecular weight excluding hydrogens is 505 g/mol. The molecule has 2 aliphatic carbocycles. The molecule has 0 aromatic heterocycles. The molecule has 3 aromatic carbocycles. The fourth-order valence-corrected chi connectivity index (χ4v) is 36.7. The molecule has 0 nitrogen and oxygen atoms in total. The predicted molar refractivity (Wildman–Crippen MR) is 130 cm³/mol. The molecule has 0 amide bonds. The molecule has 30 heavy (non-hydrogen) atoms. The van der Waals surface area contributed by atoms with Gasteiger partial charge in [0.2, 0.25) is 0 Å². The van der Waals surface area contributed by atoms with Crippen LogP contribution in [0.2, 0.25) is 0 Å². The first-order chi connectivity index (χ1) is 14.4. The summed E-state index contributed by atoms with van der Waals surface area (Å²) in [5.74, 6) is 0. The second-order valence-electron chi connectivity index (χ2n) is 8.45. The van der Waals surface area contributed by atoms with Gasteiger partial charge in [0.05, 0.1) is 0 Å². The van der Waals surface area contributed by atoms with E-state index < -0.39 is 15.3 Å². The number of halogens is 2. The first-order valence-corrected chi connectivity index (χ1v) is 23.6. The van der Waals surface area contributed by atoms with E-state index in [4.69, 9.17) is 17.0 Å². The van der Waals surface area contributed by atoms with Crippen LogP contribution in [0.15, 0.2) is 90.0 Å². The first kappa shape index (κ1) is 20.8. The van der Waals surface area contributed by atoms with E-state index >= 15 is 0 Å². The topological polar surface area (TPSA) is 0 Å². The summed E-state index contributed by atoms with van der Waals surface area (Å²) >= 11 is -4.67. The molecule has 0 saturated heterocycles. The predicted octanol–water partition coefficient (Wildman–Crippen LogP) is 8.49. The molecule has 0 heterocycles. The van der Waals surface area contributed by atoms with Crippen LogP contribution in [0.4, 0.5) is 0 Å². The molecule has 5 rings (SSSR count). The molecule has 150 valence electrons. The van der Waals surface area contributed by atoms with Crippen LogP contribution in [-0.2, 0) is 15.3 Å². The fraction of sp³-hybridized carbons (Fsp3) is 0.154. The third kappa shape index (κ3) is 3.22. The van der Waals surface area contributed by atoms with E-state index in [0.717, 1.165) is 5.40 Å². The molecule has 0 N–H and O–H groups in total. The van der Waals surface area contributed by atoms with Crippen molar-refractivity contribution in [3.8, 4) is 0 Å².